The minimum Gasteiger partial charge on any atom is -0.481 e. The van der Waals surface area contributed by atoms with Gasteiger partial charge in [0.15, 0.2) is 0 Å². The highest BCUT2D eigenvalue weighted by molar-refractivity contribution is 5.73. The van der Waals surface area contributed by atoms with Crippen LogP contribution in [0.5, 0.6) is 0 Å². The number of hydrogen-bond acceptors (Lipinski definition) is 3. The Morgan fingerprint density at radius 3 is 2.03 bits per heavy atom. The van der Waals surface area contributed by atoms with E-state index < -0.39 is 11.4 Å². The number of benzene rings is 3. The molecule has 0 amide bonds. The summed E-state index contributed by atoms with van der Waals surface area (Å²) in [6.07, 6.45) is 3.46. The molecule has 0 aromatic heterocycles. The molecule has 0 saturated heterocycles. The van der Waals surface area contributed by atoms with E-state index in [2.05, 4.69) is 72.0 Å². The maximum atomic E-state index is 11.3. The second-order valence-corrected chi connectivity index (χ2v) is 9.51. The maximum absolute atomic E-state index is 11.3. The molecule has 0 saturated carbocycles. The van der Waals surface area contributed by atoms with Gasteiger partial charge in [-0.25, -0.2) is 0 Å². The fourth-order valence-corrected chi connectivity index (χ4v) is 3.87. The first-order chi connectivity index (χ1) is 16.4. The van der Waals surface area contributed by atoms with Crippen molar-refractivity contribution in [2.45, 2.75) is 52.2 Å². The SMILES string of the molecule is CC(C)(CCCNCC(OCc1ccc(CCc2ccccc2)cc1)c1ccccc1)C(=O)O. The highest BCUT2D eigenvalue weighted by atomic mass is 16.5. The van der Waals surface area contributed by atoms with E-state index in [0.29, 0.717) is 19.6 Å². The first kappa shape index (κ1) is 25.7. The number of hydrogen-bond donors (Lipinski definition) is 2. The topological polar surface area (TPSA) is 58.6 Å². The third-order valence-electron chi connectivity index (χ3n) is 6.25. The molecule has 0 fully saturated rings. The molecule has 1 atom stereocenters. The summed E-state index contributed by atoms with van der Waals surface area (Å²) in [7, 11) is 0. The summed E-state index contributed by atoms with van der Waals surface area (Å²) in [6.45, 7) is 5.55. The fourth-order valence-electron chi connectivity index (χ4n) is 3.87. The van der Waals surface area contributed by atoms with Crippen LogP contribution in [-0.4, -0.2) is 24.2 Å². The monoisotopic (exact) mass is 459 g/mol. The van der Waals surface area contributed by atoms with Gasteiger partial charge in [0.2, 0.25) is 0 Å². The van der Waals surface area contributed by atoms with Crippen molar-refractivity contribution in [3.8, 4) is 0 Å². The van der Waals surface area contributed by atoms with Crippen LogP contribution in [0.4, 0.5) is 0 Å². The Morgan fingerprint density at radius 2 is 1.41 bits per heavy atom. The molecular weight excluding hydrogens is 422 g/mol. The molecule has 0 aliphatic carbocycles. The van der Waals surface area contributed by atoms with Gasteiger partial charge >= 0.3 is 5.97 Å². The van der Waals surface area contributed by atoms with E-state index in [1.165, 1.54) is 11.1 Å². The second kappa shape index (κ2) is 13.1. The summed E-state index contributed by atoms with van der Waals surface area (Å²) in [5.74, 6) is -0.746. The number of carboxylic acid groups (broad SMARTS) is 1. The van der Waals surface area contributed by atoms with Crippen molar-refractivity contribution in [3.05, 3.63) is 107 Å². The number of carboxylic acids is 1. The number of aliphatic carboxylic acids is 1. The smallest absolute Gasteiger partial charge is 0.309 e. The van der Waals surface area contributed by atoms with E-state index in [-0.39, 0.29) is 6.10 Å². The molecular formula is C30H37NO3. The Balaban J connectivity index is 1.48. The zero-order valence-electron chi connectivity index (χ0n) is 20.4. The summed E-state index contributed by atoms with van der Waals surface area (Å²) in [5, 5.41) is 12.7. The standard InChI is InChI=1S/C30H37NO3/c1-30(2,29(32)33)20-9-21-31-22-28(27-12-7-4-8-13-27)34-23-26-18-16-25(17-19-26)15-14-24-10-5-3-6-11-24/h3-8,10-13,16-19,28,31H,9,14-15,20-23H2,1-2H3,(H,32,33). The molecule has 3 aromatic carbocycles. The Morgan fingerprint density at radius 1 is 0.853 bits per heavy atom. The van der Waals surface area contributed by atoms with Gasteiger partial charge in [0.25, 0.3) is 0 Å². The lowest BCUT2D eigenvalue weighted by molar-refractivity contribution is -0.147. The van der Waals surface area contributed by atoms with Gasteiger partial charge < -0.3 is 15.2 Å². The zero-order chi connectivity index (χ0) is 24.2. The van der Waals surface area contributed by atoms with Gasteiger partial charge in [-0.1, -0.05) is 84.9 Å². The second-order valence-electron chi connectivity index (χ2n) is 9.51. The number of aryl methyl sites for hydroxylation is 2. The van der Waals surface area contributed by atoms with Crippen LogP contribution in [0.15, 0.2) is 84.9 Å². The Labute approximate surface area is 204 Å². The minimum absolute atomic E-state index is 0.0635. The summed E-state index contributed by atoms with van der Waals surface area (Å²) in [6, 6.07) is 29.5. The predicted octanol–water partition coefficient (Wildman–Crippen LogP) is 6.21. The molecule has 3 aromatic rings. The highest BCUT2D eigenvalue weighted by Gasteiger charge is 2.26. The molecule has 4 heteroatoms. The Hall–Kier alpha value is -2.95. The van der Waals surface area contributed by atoms with Crippen LogP contribution in [0.25, 0.3) is 0 Å². The van der Waals surface area contributed by atoms with Crippen LogP contribution in [0, 0.1) is 5.41 Å². The summed E-state index contributed by atoms with van der Waals surface area (Å²) in [4.78, 5) is 11.3. The van der Waals surface area contributed by atoms with Crippen molar-refractivity contribution >= 4 is 5.97 Å². The average molecular weight is 460 g/mol. The lowest BCUT2D eigenvalue weighted by Crippen LogP contribution is -2.28. The quantitative estimate of drug-likeness (QED) is 0.281. The van der Waals surface area contributed by atoms with Crippen molar-refractivity contribution in [1.82, 2.24) is 5.32 Å². The van der Waals surface area contributed by atoms with Crippen LogP contribution in [-0.2, 0) is 29.0 Å². The number of rotatable bonds is 14. The third-order valence-corrected chi connectivity index (χ3v) is 6.25. The first-order valence-electron chi connectivity index (χ1n) is 12.2. The van der Waals surface area contributed by atoms with Gasteiger partial charge in [0.1, 0.15) is 0 Å². The van der Waals surface area contributed by atoms with Crippen molar-refractivity contribution in [2.24, 2.45) is 5.41 Å². The van der Waals surface area contributed by atoms with Crippen LogP contribution in [0.3, 0.4) is 0 Å². The molecule has 0 spiro atoms. The Kier molecular flexibility index (Phi) is 9.87. The number of carbonyl (C=O) groups is 1. The van der Waals surface area contributed by atoms with Crippen molar-refractivity contribution in [2.75, 3.05) is 13.1 Å². The van der Waals surface area contributed by atoms with E-state index in [1.807, 2.05) is 18.2 Å². The van der Waals surface area contributed by atoms with Gasteiger partial charge in [0, 0.05) is 6.54 Å². The number of ether oxygens (including phenoxy) is 1. The van der Waals surface area contributed by atoms with Crippen molar-refractivity contribution in [1.29, 1.82) is 0 Å². The third kappa shape index (κ3) is 8.44. The van der Waals surface area contributed by atoms with Crippen LogP contribution >= 0.6 is 0 Å². The van der Waals surface area contributed by atoms with Gasteiger partial charge in [0.05, 0.1) is 18.1 Å². The predicted molar refractivity (Wildman–Crippen MR) is 138 cm³/mol. The molecule has 4 nitrogen and oxygen atoms in total. The van der Waals surface area contributed by atoms with Gasteiger partial charge in [-0.2, -0.15) is 0 Å². The molecule has 0 aliphatic rings. The zero-order valence-corrected chi connectivity index (χ0v) is 20.4. The lowest BCUT2D eigenvalue weighted by atomic mass is 9.88. The lowest BCUT2D eigenvalue weighted by Gasteiger charge is -2.21. The number of nitrogens with one attached hydrogen (secondary N) is 1. The summed E-state index contributed by atoms with van der Waals surface area (Å²) < 4.78 is 6.31. The average Bonchev–Trinajstić information content (AvgIpc) is 2.86. The largest absolute Gasteiger partial charge is 0.481 e. The van der Waals surface area contributed by atoms with E-state index in [1.54, 1.807) is 13.8 Å². The van der Waals surface area contributed by atoms with E-state index in [4.69, 9.17) is 4.74 Å². The summed E-state index contributed by atoms with van der Waals surface area (Å²) in [5.41, 5.74) is 4.30. The molecule has 0 aliphatic heterocycles. The minimum atomic E-state index is -0.746. The van der Waals surface area contributed by atoms with Crippen molar-refractivity contribution < 1.29 is 14.6 Å². The summed E-state index contributed by atoms with van der Waals surface area (Å²) >= 11 is 0. The first-order valence-corrected chi connectivity index (χ1v) is 12.2. The molecule has 2 N–H and O–H groups in total. The highest BCUT2D eigenvalue weighted by Crippen LogP contribution is 2.22. The van der Waals surface area contributed by atoms with E-state index >= 15 is 0 Å². The van der Waals surface area contributed by atoms with Gasteiger partial charge in [-0.05, 0) is 68.3 Å². The Bertz CT molecular complexity index is 985. The van der Waals surface area contributed by atoms with Crippen LogP contribution in [0.1, 0.15) is 55.0 Å². The van der Waals surface area contributed by atoms with E-state index in [9.17, 15) is 9.90 Å². The van der Waals surface area contributed by atoms with E-state index in [0.717, 1.165) is 36.9 Å². The van der Waals surface area contributed by atoms with Gasteiger partial charge in [-0.15, -0.1) is 0 Å². The molecule has 0 bridgehead atoms. The molecule has 0 radical (unpaired) electrons. The van der Waals surface area contributed by atoms with Crippen LogP contribution < -0.4 is 5.32 Å². The maximum Gasteiger partial charge on any atom is 0.309 e. The normalized spacial score (nSPS) is 12.4. The van der Waals surface area contributed by atoms with Crippen molar-refractivity contribution in [3.63, 3.8) is 0 Å². The molecule has 34 heavy (non-hydrogen) atoms. The fraction of sp³-hybridized carbons (Fsp3) is 0.367. The molecule has 180 valence electrons. The van der Waals surface area contributed by atoms with Crippen LogP contribution in [0.2, 0.25) is 0 Å². The molecule has 0 heterocycles. The molecule has 1 unspecified atom stereocenters. The van der Waals surface area contributed by atoms with Gasteiger partial charge in [-0.3, -0.25) is 4.79 Å². The molecule has 3 rings (SSSR count).